The summed E-state index contributed by atoms with van der Waals surface area (Å²) in [6.45, 7) is 0. The third-order valence-electron chi connectivity index (χ3n) is 5.08. The van der Waals surface area contributed by atoms with Crippen molar-refractivity contribution in [1.82, 2.24) is 0 Å². The highest BCUT2D eigenvalue weighted by Gasteiger charge is 2.46. The van der Waals surface area contributed by atoms with Gasteiger partial charge in [-0.2, -0.15) is 0 Å². The average molecular weight is 435 g/mol. The van der Waals surface area contributed by atoms with Crippen molar-refractivity contribution in [3.05, 3.63) is 115 Å². The zero-order valence-electron chi connectivity index (χ0n) is 16.8. The van der Waals surface area contributed by atoms with Crippen molar-refractivity contribution in [3.8, 4) is 11.5 Å². The van der Waals surface area contributed by atoms with Gasteiger partial charge in [0.15, 0.2) is 7.26 Å². The Kier molecular flexibility index (Phi) is 7.52. The van der Waals surface area contributed by atoms with Crippen LogP contribution in [0, 0.1) is 0 Å². The molecule has 4 aromatic rings. The molecule has 0 bridgehead atoms. The van der Waals surface area contributed by atoms with Crippen LogP contribution in [0.2, 0.25) is 0 Å². The quantitative estimate of drug-likeness (QED) is 0.414. The van der Waals surface area contributed by atoms with Crippen LogP contribution in [0.3, 0.4) is 0 Å². The molecule has 0 saturated heterocycles. The standard InChI is InChI=1S/C26H24O2P.ClH/c1-27-22-17-19-23(20-18-22)28-21-29(24-11-5-2-6-12-24,25-13-7-3-8-14-25)26-15-9-4-10-16-26;/h2-20H,21H2,1H3;1H/q+1;/p-1. The van der Waals surface area contributed by atoms with Gasteiger partial charge in [-0.1, -0.05) is 54.6 Å². The monoisotopic (exact) mass is 434 g/mol. The Labute approximate surface area is 185 Å². The smallest absolute Gasteiger partial charge is 0.210 e. The van der Waals surface area contributed by atoms with Gasteiger partial charge in [0, 0.05) is 0 Å². The lowest BCUT2D eigenvalue weighted by Gasteiger charge is -2.27. The first-order valence-corrected chi connectivity index (χ1v) is 11.6. The summed E-state index contributed by atoms with van der Waals surface area (Å²) in [5, 5.41) is 3.93. The minimum absolute atomic E-state index is 0. The highest BCUT2D eigenvalue weighted by molar-refractivity contribution is 7.95. The van der Waals surface area contributed by atoms with Crippen LogP contribution in [0.15, 0.2) is 115 Å². The van der Waals surface area contributed by atoms with Crippen molar-refractivity contribution < 1.29 is 21.9 Å². The first-order valence-electron chi connectivity index (χ1n) is 9.65. The third kappa shape index (κ3) is 4.51. The number of benzene rings is 4. The molecule has 152 valence electrons. The van der Waals surface area contributed by atoms with Gasteiger partial charge in [0.05, 0.1) is 7.11 Å². The van der Waals surface area contributed by atoms with Gasteiger partial charge in [-0.3, -0.25) is 0 Å². The van der Waals surface area contributed by atoms with Crippen LogP contribution in [0.4, 0.5) is 0 Å². The lowest BCUT2D eigenvalue weighted by molar-refractivity contribution is -0.00000625. The summed E-state index contributed by atoms with van der Waals surface area (Å²) >= 11 is 0. The molecule has 0 heterocycles. The van der Waals surface area contributed by atoms with Crippen LogP contribution in [0.1, 0.15) is 0 Å². The van der Waals surface area contributed by atoms with E-state index in [9.17, 15) is 0 Å². The molecule has 4 aromatic carbocycles. The van der Waals surface area contributed by atoms with E-state index >= 15 is 0 Å². The predicted octanol–water partition coefficient (Wildman–Crippen LogP) is 2.03. The maximum absolute atomic E-state index is 6.43. The first-order chi connectivity index (χ1) is 14.3. The summed E-state index contributed by atoms with van der Waals surface area (Å²) in [4.78, 5) is 0. The molecule has 4 heteroatoms. The van der Waals surface area contributed by atoms with Crippen LogP contribution >= 0.6 is 7.26 Å². The van der Waals surface area contributed by atoms with E-state index in [0.29, 0.717) is 6.35 Å². The fourth-order valence-corrected chi connectivity index (χ4v) is 7.29. The maximum atomic E-state index is 6.43. The van der Waals surface area contributed by atoms with Gasteiger partial charge in [0.2, 0.25) is 6.35 Å². The van der Waals surface area contributed by atoms with Gasteiger partial charge in [0.1, 0.15) is 27.4 Å². The van der Waals surface area contributed by atoms with E-state index in [2.05, 4.69) is 91.0 Å². The van der Waals surface area contributed by atoms with Crippen molar-refractivity contribution in [2.75, 3.05) is 13.5 Å². The summed E-state index contributed by atoms with van der Waals surface area (Å²) in [6.07, 6.45) is 0.595. The fraction of sp³-hybridized carbons (Fsp3) is 0.0769. The lowest BCUT2D eigenvalue weighted by Crippen LogP contribution is -3.00. The number of hydrogen-bond acceptors (Lipinski definition) is 2. The highest BCUT2D eigenvalue weighted by atomic mass is 35.5. The van der Waals surface area contributed by atoms with E-state index in [1.54, 1.807) is 7.11 Å². The summed E-state index contributed by atoms with van der Waals surface area (Å²) in [5.41, 5.74) is 0. The fourth-order valence-electron chi connectivity index (χ4n) is 3.56. The zero-order valence-corrected chi connectivity index (χ0v) is 18.5. The lowest BCUT2D eigenvalue weighted by atomic mass is 10.3. The minimum Gasteiger partial charge on any atom is -1.00 e. The van der Waals surface area contributed by atoms with Gasteiger partial charge in [-0.15, -0.1) is 0 Å². The van der Waals surface area contributed by atoms with Crippen molar-refractivity contribution in [2.45, 2.75) is 0 Å². The Morgan fingerprint density at radius 1 is 0.533 bits per heavy atom. The summed E-state index contributed by atoms with van der Waals surface area (Å²) in [6, 6.07) is 40.1. The molecule has 0 saturated carbocycles. The molecule has 0 aromatic heterocycles. The van der Waals surface area contributed by atoms with Gasteiger partial charge in [0.25, 0.3) is 0 Å². The highest BCUT2D eigenvalue weighted by Crippen LogP contribution is 2.55. The largest absolute Gasteiger partial charge is 1.00 e. The summed E-state index contributed by atoms with van der Waals surface area (Å²) in [7, 11) is -0.318. The number of methoxy groups -OCH3 is 1. The van der Waals surface area contributed by atoms with E-state index < -0.39 is 7.26 Å². The number of halogens is 1. The Morgan fingerprint density at radius 3 is 1.27 bits per heavy atom. The normalized spacial score (nSPS) is 10.7. The van der Waals surface area contributed by atoms with Gasteiger partial charge < -0.3 is 21.9 Å². The van der Waals surface area contributed by atoms with Crippen molar-refractivity contribution in [1.29, 1.82) is 0 Å². The van der Waals surface area contributed by atoms with Crippen molar-refractivity contribution in [2.24, 2.45) is 0 Å². The summed E-state index contributed by atoms with van der Waals surface area (Å²) < 4.78 is 11.7. The molecule has 0 unspecified atom stereocenters. The average Bonchev–Trinajstić information content (AvgIpc) is 2.82. The van der Waals surface area contributed by atoms with Crippen LogP contribution in [0.5, 0.6) is 11.5 Å². The van der Waals surface area contributed by atoms with Crippen LogP contribution < -0.4 is 37.8 Å². The second-order valence-electron chi connectivity index (χ2n) is 6.77. The number of hydrogen-bond donors (Lipinski definition) is 0. The molecule has 2 nitrogen and oxygen atoms in total. The van der Waals surface area contributed by atoms with Crippen LogP contribution in [0.25, 0.3) is 0 Å². The molecule has 0 atom stereocenters. The second-order valence-corrected chi connectivity index (χ2v) is 10.2. The van der Waals surface area contributed by atoms with Gasteiger partial charge in [-0.05, 0) is 60.7 Å². The Bertz CT molecular complexity index is 926. The molecule has 0 amide bonds. The molecular formula is C26H24ClO2P. The predicted molar refractivity (Wildman–Crippen MR) is 124 cm³/mol. The molecule has 0 N–H and O–H groups in total. The molecule has 0 aliphatic heterocycles. The van der Waals surface area contributed by atoms with Crippen molar-refractivity contribution >= 4 is 23.2 Å². The molecule has 0 spiro atoms. The summed E-state index contributed by atoms with van der Waals surface area (Å²) in [5.74, 6) is 1.67. The minimum atomic E-state index is -1.99. The van der Waals surface area contributed by atoms with Crippen LogP contribution in [-0.4, -0.2) is 13.5 Å². The van der Waals surface area contributed by atoms with E-state index in [1.165, 1.54) is 15.9 Å². The molecule has 30 heavy (non-hydrogen) atoms. The SMILES string of the molecule is COc1ccc(OC[P+](c2ccccc2)(c2ccccc2)c2ccccc2)cc1.[Cl-]. The van der Waals surface area contributed by atoms with E-state index in [0.717, 1.165) is 11.5 Å². The van der Waals surface area contributed by atoms with Gasteiger partial charge in [-0.25, -0.2) is 0 Å². The van der Waals surface area contributed by atoms with E-state index in [1.807, 2.05) is 24.3 Å². The Morgan fingerprint density at radius 2 is 0.900 bits per heavy atom. The van der Waals surface area contributed by atoms with E-state index in [-0.39, 0.29) is 12.4 Å². The molecule has 0 aliphatic carbocycles. The molecule has 0 fully saturated rings. The van der Waals surface area contributed by atoms with Crippen LogP contribution in [-0.2, 0) is 0 Å². The number of ether oxygens (including phenoxy) is 2. The first kappa shape index (κ1) is 21.9. The zero-order chi connectivity index (χ0) is 19.9. The van der Waals surface area contributed by atoms with Crippen molar-refractivity contribution in [3.63, 3.8) is 0 Å². The second kappa shape index (κ2) is 10.3. The Balaban J connectivity index is 0.00000256. The maximum Gasteiger partial charge on any atom is 0.210 e. The van der Waals surface area contributed by atoms with E-state index in [4.69, 9.17) is 9.47 Å². The Hall–Kier alpha value is -2.80. The number of rotatable bonds is 7. The molecule has 0 aliphatic rings. The third-order valence-corrected chi connectivity index (χ3v) is 9.13. The topological polar surface area (TPSA) is 18.5 Å². The molecule has 4 rings (SSSR count). The molecular weight excluding hydrogens is 411 g/mol. The molecule has 0 radical (unpaired) electrons. The van der Waals surface area contributed by atoms with Gasteiger partial charge >= 0.3 is 0 Å².